The van der Waals surface area contributed by atoms with E-state index in [2.05, 4.69) is 0 Å². The molecule has 4 rings (SSSR count). The van der Waals surface area contributed by atoms with Gasteiger partial charge in [0.15, 0.2) is 0 Å². The molecule has 0 bridgehead atoms. The maximum atomic E-state index is 13.6. The molecule has 1 aromatic carbocycles. The number of hydrogen-bond acceptors (Lipinski definition) is 4. The number of fused-ring (bicyclic) bond motifs is 1. The van der Waals surface area contributed by atoms with Crippen LogP contribution in [0.15, 0.2) is 30.3 Å². The molecule has 2 saturated heterocycles. The number of ether oxygens (including phenoxy) is 1. The number of methoxy groups -OCH3 is 1. The highest BCUT2D eigenvalue weighted by molar-refractivity contribution is 5.95. The third kappa shape index (κ3) is 4.98. The van der Waals surface area contributed by atoms with Crippen LogP contribution in [0, 0.1) is 5.92 Å². The maximum absolute atomic E-state index is 13.6. The van der Waals surface area contributed by atoms with Crippen LogP contribution in [0.5, 0.6) is 0 Å². The second-order valence-electron chi connectivity index (χ2n) is 9.33. The zero-order chi connectivity index (χ0) is 22.5. The van der Waals surface area contributed by atoms with Crippen molar-refractivity contribution in [2.75, 3.05) is 39.9 Å². The fourth-order valence-corrected chi connectivity index (χ4v) is 5.41. The maximum Gasteiger partial charge on any atom is 0.247 e. The number of amides is 3. The van der Waals surface area contributed by atoms with Crippen LogP contribution in [-0.4, -0.2) is 84.4 Å². The number of piperazine rings is 2. The van der Waals surface area contributed by atoms with Crippen LogP contribution >= 0.6 is 0 Å². The van der Waals surface area contributed by atoms with Crippen molar-refractivity contribution in [3.05, 3.63) is 35.9 Å². The summed E-state index contributed by atoms with van der Waals surface area (Å²) in [5.74, 6) is 0.242. The molecule has 3 amide bonds. The Bertz CT molecular complexity index is 809. The molecule has 0 radical (unpaired) electrons. The van der Waals surface area contributed by atoms with Crippen LogP contribution in [0.25, 0.3) is 0 Å². The molecule has 2 aliphatic heterocycles. The minimum absolute atomic E-state index is 0.0210. The lowest BCUT2D eigenvalue weighted by Gasteiger charge is -2.49. The molecule has 0 N–H and O–H groups in total. The summed E-state index contributed by atoms with van der Waals surface area (Å²) < 4.78 is 5.14. The Morgan fingerprint density at radius 3 is 2.50 bits per heavy atom. The number of rotatable bonds is 7. The number of hydrogen-bond donors (Lipinski definition) is 0. The highest BCUT2D eigenvalue weighted by Gasteiger charge is 2.48. The van der Waals surface area contributed by atoms with Gasteiger partial charge >= 0.3 is 0 Å². The minimum Gasteiger partial charge on any atom is -0.383 e. The van der Waals surface area contributed by atoms with E-state index in [9.17, 15) is 14.4 Å². The summed E-state index contributed by atoms with van der Waals surface area (Å²) in [6, 6.07) is 8.73. The van der Waals surface area contributed by atoms with Crippen molar-refractivity contribution < 1.29 is 19.1 Å². The van der Waals surface area contributed by atoms with E-state index < -0.39 is 12.1 Å². The lowest BCUT2D eigenvalue weighted by Crippen LogP contribution is -2.70. The Kier molecular flexibility index (Phi) is 7.45. The lowest BCUT2D eigenvalue weighted by molar-refractivity contribution is -0.166. The van der Waals surface area contributed by atoms with E-state index in [1.54, 1.807) is 21.8 Å². The smallest absolute Gasteiger partial charge is 0.247 e. The average Bonchev–Trinajstić information content (AvgIpc) is 2.81. The Labute approximate surface area is 190 Å². The van der Waals surface area contributed by atoms with Gasteiger partial charge in [-0.25, -0.2) is 0 Å². The van der Waals surface area contributed by atoms with Crippen LogP contribution in [0.2, 0.25) is 0 Å². The second kappa shape index (κ2) is 10.5. The lowest BCUT2D eigenvalue weighted by atomic mass is 9.86. The molecule has 174 valence electrons. The number of carbonyl (C=O) groups is 3. The molecular weight excluding hydrogens is 406 g/mol. The van der Waals surface area contributed by atoms with Crippen molar-refractivity contribution in [3.63, 3.8) is 0 Å². The third-order valence-electron chi connectivity index (χ3n) is 7.24. The topological polar surface area (TPSA) is 70.2 Å². The number of nitrogens with zero attached hydrogens (tertiary/aromatic N) is 3. The number of benzene rings is 1. The fourth-order valence-electron chi connectivity index (χ4n) is 5.41. The van der Waals surface area contributed by atoms with Crippen LogP contribution in [-0.2, 0) is 25.5 Å². The summed E-state index contributed by atoms with van der Waals surface area (Å²) in [5, 5.41) is 0. The zero-order valence-electron chi connectivity index (χ0n) is 19.1. The highest BCUT2D eigenvalue weighted by Crippen LogP contribution is 2.30. The Hall–Kier alpha value is -2.41. The largest absolute Gasteiger partial charge is 0.383 e. The Morgan fingerprint density at radius 1 is 1.03 bits per heavy atom. The average molecular weight is 442 g/mol. The Morgan fingerprint density at radius 2 is 1.78 bits per heavy atom. The van der Waals surface area contributed by atoms with Crippen molar-refractivity contribution in [1.29, 1.82) is 0 Å². The third-order valence-corrected chi connectivity index (χ3v) is 7.24. The van der Waals surface area contributed by atoms with Gasteiger partial charge in [0.2, 0.25) is 17.7 Å². The molecular formula is C25H35N3O4. The predicted octanol–water partition coefficient (Wildman–Crippen LogP) is 2.10. The van der Waals surface area contributed by atoms with E-state index in [-0.39, 0.29) is 24.3 Å². The van der Waals surface area contributed by atoms with Gasteiger partial charge in [0.1, 0.15) is 12.1 Å². The highest BCUT2D eigenvalue weighted by atomic mass is 16.5. The predicted molar refractivity (Wildman–Crippen MR) is 121 cm³/mol. The normalized spacial score (nSPS) is 24.6. The van der Waals surface area contributed by atoms with Crippen molar-refractivity contribution >= 4 is 17.7 Å². The van der Waals surface area contributed by atoms with Gasteiger partial charge in [0.25, 0.3) is 0 Å². The quantitative estimate of drug-likeness (QED) is 0.650. The molecule has 7 nitrogen and oxygen atoms in total. The summed E-state index contributed by atoms with van der Waals surface area (Å²) >= 11 is 0. The van der Waals surface area contributed by atoms with Crippen molar-refractivity contribution in [3.8, 4) is 0 Å². The van der Waals surface area contributed by atoms with E-state index in [1.165, 1.54) is 19.3 Å². The summed E-state index contributed by atoms with van der Waals surface area (Å²) in [6.07, 6.45) is 6.72. The molecule has 0 unspecified atom stereocenters. The minimum atomic E-state index is -0.588. The van der Waals surface area contributed by atoms with Gasteiger partial charge in [-0.1, -0.05) is 49.6 Å². The molecule has 3 aliphatic rings. The molecule has 0 spiro atoms. The second-order valence-corrected chi connectivity index (χ2v) is 9.33. The number of carbonyl (C=O) groups excluding carboxylic acids is 3. The summed E-state index contributed by atoms with van der Waals surface area (Å²) in [6.45, 7) is 2.29. The molecule has 7 heteroatoms. The van der Waals surface area contributed by atoms with Gasteiger partial charge in [-0.3, -0.25) is 14.4 Å². The van der Waals surface area contributed by atoms with Gasteiger partial charge in [-0.2, -0.15) is 0 Å². The monoisotopic (exact) mass is 441 g/mol. The van der Waals surface area contributed by atoms with E-state index in [0.717, 1.165) is 18.4 Å². The van der Waals surface area contributed by atoms with Crippen molar-refractivity contribution in [1.82, 2.24) is 14.7 Å². The molecule has 1 saturated carbocycles. The van der Waals surface area contributed by atoms with E-state index >= 15 is 0 Å². The first-order chi connectivity index (χ1) is 15.6. The standard InChI is InChI=1S/C25H35N3O4/c1-32-15-14-26-12-13-27-22(24(26)30)18-28(23(29)17-20-10-6-3-7-11-20)21(25(27)31)16-19-8-4-2-5-9-19/h2,4-5,8-9,20-22H,3,6-7,10-18H2,1H3/t21-,22-/m0/s1. The first kappa shape index (κ1) is 22.8. The molecule has 2 heterocycles. The van der Waals surface area contributed by atoms with Crippen LogP contribution in [0.1, 0.15) is 44.1 Å². The van der Waals surface area contributed by atoms with Gasteiger partial charge in [-0.05, 0) is 24.3 Å². The van der Waals surface area contributed by atoms with Crippen molar-refractivity contribution in [2.45, 2.75) is 57.0 Å². The van der Waals surface area contributed by atoms with Gasteiger partial charge < -0.3 is 19.4 Å². The van der Waals surface area contributed by atoms with E-state index in [4.69, 9.17) is 4.74 Å². The van der Waals surface area contributed by atoms with Crippen LogP contribution in [0.4, 0.5) is 0 Å². The first-order valence-corrected chi connectivity index (χ1v) is 12.0. The van der Waals surface area contributed by atoms with Crippen LogP contribution in [0.3, 0.4) is 0 Å². The summed E-state index contributed by atoms with van der Waals surface area (Å²) in [4.78, 5) is 45.4. The molecule has 32 heavy (non-hydrogen) atoms. The van der Waals surface area contributed by atoms with Gasteiger partial charge in [0.05, 0.1) is 13.2 Å². The first-order valence-electron chi connectivity index (χ1n) is 12.0. The Balaban J connectivity index is 1.55. The SMILES string of the molecule is COCCN1CCN2C(=O)[C@H](Cc3ccccc3)N(C(=O)CC3CCCCC3)C[C@H]2C1=O. The fraction of sp³-hybridized carbons (Fsp3) is 0.640. The molecule has 2 atom stereocenters. The molecule has 3 fully saturated rings. The van der Waals surface area contributed by atoms with E-state index in [0.29, 0.717) is 45.0 Å². The van der Waals surface area contributed by atoms with Crippen LogP contribution < -0.4 is 0 Å². The van der Waals surface area contributed by atoms with Crippen molar-refractivity contribution in [2.24, 2.45) is 5.92 Å². The van der Waals surface area contributed by atoms with Gasteiger partial charge in [-0.15, -0.1) is 0 Å². The van der Waals surface area contributed by atoms with E-state index in [1.807, 2.05) is 30.3 Å². The summed E-state index contributed by atoms with van der Waals surface area (Å²) in [7, 11) is 1.62. The zero-order valence-corrected chi connectivity index (χ0v) is 19.1. The molecule has 0 aromatic heterocycles. The summed E-state index contributed by atoms with van der Waals surface area (Å²) in [5.41, 5.74) is 1.03. The molecule has 1 aromatic rings. The molecule has 1 aliphatic carbocycles. The van der Waals surface area contributed by atoms with Gasteiger partial charge in [0, 0.05) is 39.6 Å².